The monoisotopic (exact) mass is 329 g/mol. The average Bonchev–Trinajstić information content (AvgIpc) is 2.91. The summed E-state index contributed by atoms with van der Waals surface area (Å²) < 4.78 is 26.4. The van der Waals surface area contributed by atoms with Crippen LogP contribution in [0, 0.1) is 13.8 Å². The van der Waals surface area contributed by atoms with Crippen molar-refractivity contribution in [1.29, 1.82) is 0 Å². The third-order valence-corrected chi connectivity index (χ3v) is 6.04. The van der Waals surface area contributed by atoms with E-state index in [0.717, 1.165) is 21.0 Å². The predicted octanol–water partition coefficient (Wildman–Crippen LogP) is 3.01. The molecule has 1 fully saturated rings. The van der Waals surface area contributed by atoms with E-state index in [1.165, 1.54) is 0 Å². The Kier molecular flexibility index (Phi) is 3.98. The summed E-state index contributed by atoms with van der Waals surface area (Å²) in [6.45, 7) is 4.10. The zero-order chi connectivity index (χ0) is 16.6. The lowest BCUT2D eigenvalue weighted by molar-refractivity contribution is -0.123. The summed E-state index contributed by atoms with van der Waals surface area (Å²) in [5.41, 5.74) is 3.13. The minimum absolute atomic E-state index is 0.0803. The van der Waals surface area contributed by atoms with E-state index in [2.05, 4.69) is 0 Å². The minimum atomic E-state index is -3.77. The highest BCUT2D eigenvalue weighted by molar-refractivity contribution is 7.89. The Morgan fingerprint density at radius 1 is 0.913 bits per heavy atom. The molecule has 0 aromatic heterocycles. The molecule has 0 bridgehead atoms. The number of hydrogen-bond acceptors (Lipinski definition) is 3. The van der Waals surface area contributed by atoms with Crippen LogP contribution in [0.2, 0.25) is 0 Å². The molecule has 1 aliphatic heterocycles. The molecule has 0 aliphatic carbocycles. The summed E-state index contributed by atoms with van der Waals surface area (Å²) in [7, 11) is -3.77. The molecule has 3 rings (SSSR count). The molecule has 4 nitrogen and oxygen atoms in total. The number of aryl methyl sites for hydroxylation is 2. The Labute approximate surface area is 136 Å². The maximum atomic E-state index is 12.7. The zero-order valence-corrected chi connectivity index (χ0v) is 14.0. The summed E-state index contributed by atoms with van der Waals surface area (Å²) in [5.74, 6) is -0.417. The number of amides is 1. The summed E-state index contributed by atoms with van der Waals surface area (Å²) >= 11 is 0. The van der Waals surface area contributed by atoms with Crippen molar-refractivity contribution in [2.45, 2.75) is 31.1 Å². The van der Waals surface area contributed by atoms with Gasteiger partial charge in [0.25, 0.3) is 10.0 Å². The molecule has 1 heterocycles. The molecule has 1 saturated heterocycles. The Hall–Kier alpha value is -2.14. The lowest BCUT2D eigenvalue weighted by Gasteiger charge is -2.17. The molecule has 1 atom stereocenters. The molecule has 1 amide bonds. The molecule has 120 valence electrons. The lowest BCUT2D eigenvalue weighted by atomic mass is 9.97. The van der Waals surface area contributed by atoms with Gasteiger partial charge in [-0.25, -0.2) is 12.7 Å². The van der Waals surface area contributed by atoms with Gasteiger partial charge in [0.05, 0.1) is 4.90 Å². The summed E-state index contributed by atoms with van der Waals surface area (Å²) in [5, 5.41) is 0. The average molecular weight is 329 g/mol. The van der Waals surface area contributed by atoms with Gasteiger partial charge in [-0.3, -0.25) is 4.79 Å². The Morgan fingerprint density at radius 2 is 1.43 bits per heavy atom. The summed E-state index contributed by atoms with van der Waals surface area (Å²) in [6, 6.07) is 14.5. The van der Waals surface area contributed by atoms with Gasteiger partial charge >= 0.3 is 0 Å². The Bertz CT molecular complexity index is 824. The van der Waals surface area contributed by atoms with Crippen LogP contribution < -0.4 is 0 Å². The summed E-state index contributed by atoms with van der Waals surface area (Å²) in [6.07, 6.45) is 0.230. The number of benzene rings is 2. The van der Waals surface area contributed by atoms with E-state index in [1.807, 2.05) is 38.1 Å². The van der Waals surface area contributed by atoms with Crippen LogP contribution in [0.15, 0.2) is 53.4 Å². The minimum Gasteiger partial charge on any atom is -0.274 e. The fourth-order valence-corrected chi connectivity index (χ4v) is 4.26. The molecular formula is C18H19NO3S. The molecule has 2 aromatic carbocycles. The second-order valence-electron chi connectivity index (χ2n) is 6.05. The Balaban J connectivity index is 1.87. The number of hydrogen-bond donors (Lipinski definition) is 0. The van der Waals surface area contributed by atoms with Gasteiger partial charge in [-0.1, -0.05) is 47.5 Å². The number of sulfonamides is 1. The topological polar surface area (TPSA) is 54.5 Å². The van der Waals surface area contributed by atoms with Gasteiger partial charge in [0.1, 0.15) is 0 Å². The van der Waals surface area contributed by atoms with Gasteiger partial charge in [0.2, 0.25) is 5.91 Å². The maximum Gasteiger partial charge on any atom is 0.266 e. The summed E-state index contributed by atoms with van der Waals surface area (Å²) in [4.78, 5) is 12.4. The zero-order valence-electron chi connectivity index (χ0n) is 13.2. The maximum absolute atomic E-state index is 12.7. The van der Waals surface area contributed by atoms with Crippen LogP contribution in [0.3, 0.4) is 0 Å². The van der Waals surface area contributed by atoms with E-state index < -0.39 is 10.0 Å². The standard InChI is InChI=1S/C18H19NO3S/c1-13-3-7-15(8-4-13)16-11-18(20)19(12-16)23(21,22)17-9-5-14(2)6-10-17/h3-10,16H,11-12H2,1-2H3/t16-/m0/s1. The molecule has 0 N–H and O–H groups in total. The van der Waals surface area contributed by atoms with Crippen molar-refractivity contribution < 1.29 is 13.2 Å². The van der Waals surface area contributed by atoms with E-state index in [0.29, 0.717) is 0 Å². The van der Waals surface area contributed by atoms with Gasteiger partial charge in [-0.05, 0) is 31.5 Å². The fourth-order valence-electron chi connectivity index (χ4n) is 2.81. The highest BCUT2D eigenvalue weighted by Gasteiger charge is 2.38. The third kappa shape index (κ3) is 3.01. The van der Waals surface area contributed by atoms with Crippen molar-refractivity contribution >= 4 is 15.9 Å². The van der Waals surface area contributed by atoms with Gasteiger partial charge in [-0.2, -0.15) is 0 Å². The molecule has 0 unspecified atom stereocenters. The highest BCUT2D eigenvalue weighted by atomic mass is 32.2. The molecule has 2 aromatic rings. The van der Waals surface area contributed by atoms with Crippen molar-refractivity contribution in [3.05, 3.63) is 65.2 Å². The predicted molar refractivity (Wildman–Crippen MR) is 88.6 cm³/mol. The molecule has 0 radical (unpaired) electrons. The smallest absolute Gasteiger partial charge is 0.266 e. The van der Waals surface area contributed by atoms with E-state index in [-0.39, 0.29) is 29.7 Å². The Morgan fingerprint density at radius 3 is 2.00 bits per heavy atom. The van der Waals surface area contributed by atoms with E-state index in [9.17, 15) is 13.2 Å². The normalized spacial score (nSPS) is 18.4. The number of carbonyl (C=O) groups excluding carboxylic acids is 1. The van der Waals surface area contributed by atoms with E-state index in [1.54, 1.807) is 24.3 Å². The van der Waals surface area contributed by atoms with Crippen LogP contribution in [-0.2, 0) is 14.8 Å². The first-order valence-electron chi connectivity index (χ1n) is 7.57. The van der Waals surface area contributed by atoms with Crippen molar-refractivity contribution in [1.82, 2.24) is 4.31 Å². The van der Waals surface area contributed by atoms with Crippen LogP contribution in [0.1, 0.15) is 29.0 Å². The first-order chi connectivity index (χ1) is 10.9. The highest BCUT2D eigenvalue weighted by Crippen LogP contribution is 2.32. The van der Waals surface area contributed by atoms with Crippen LogP contribution in [0.5, 0.6) is 0 Å². The van der Waals surface area contributed by atoms with Gasteiger partial charge in [-0.15, -0.1) is 0 Å². The second kappa shape index (κ2) is 5.81. The fraction of sp³-hybridized carbons (Fsp3) is 0.278. The molecule has 1 aliphatic rings. The second-order valence-corrected chi connectivity index (χ2v) is 7.92. The van der Waals surface area contributed by atoms with Crippen molar-refractivity contribution in [3.8, 4) is 0 Å². The molecule has 0 spiro atoms. The van der Waals surface area contributed by atoms with Crippen LogP contribution in [0.25, 0.3) is 0 Å². The van der Waals surface area contributed by atoms with Crippen molar-refractivity contribution in [2.75, 3.05) is 6.54 Å². The van der Waals surface area contributed by atoms with E-state index in [4.69, 9.17) is 0 Å². The van der Waals surface area contributed by atoms with Crippen molar-refractivity contribution in [2.24, 2.45) is 0 Å². The van der Waals surface area contributed by atoms with Gasteiger partial charge < -0.3 is 0 Å². The number of rotatable bonds is 3. The van der Waals surface area contributed by atoms with Crippen LogP contribution >= 0.6 is 0 Å². The first kappa shape index (κ1) is 15.7. The molecular weight excluding hydrogens is 310 g/mol. The van der Waals surface area contributed by atoms with Gasteiger partial charge in [0, 0.05) is 18.9 Å². The van der Waals surface area contributed by atoms with E-state index >= 15 is 0 Å². The largest absolute Gasteiger partial charge is 0.274 e. The number of nitrogens with zero attached hydrogens (tertiary/aromatic N) is 1. The first-order valence-corrected chi connectivity index (χ1v) is 9.01. The third-order valence-electron chi connectivity index (χ3n) is 4.24. The van der Waals surface area contributed by atoms with Crippen LogP contribution in [-0.4, -0.2) is 25.2 Å². The number of carbonyl (C=O) groups is 1. The lowest BCUT2D eigenvalue weighted by Crippen LogP contribution is -2.32. The van der Waals surface area contributed by atoms with Gasteiger partial charge in [0.15, 0.2) is 0 Å². The molecule has 23 heavy (non-hydrogen) atoms. The SMILES string of the molecule is Cc1ccc([C@H]2CC(=O)N(S(=O)(=O)c3ccc(C)cc3)C2)cc1. The van der Waals surface area contributed by atoms with Crippen LogP contribution in [0.4, 0.5) is 0 Å². The molecule has 5 heteroatoms. The molecule has 0 saturated carbocycles. The van der Waals surface area contributed by atoms with Crippen molar-refractivity contribution in [3.63, 3.8) is 0 Å². The quantitative estimate of drug-likeness (QED) is 0.870.